The molecule has 5 heteroatoms. The fourth-order valence-corrected chi connectivity index (χ4v) is 4.08. The minimum absolute atomic E-state index is 0.0711. The van der Waals surface area contributed by atoms with Crippen LogP contribution < -0.4 is 0 Å². The van der Waals surface area contributed by atoms with Crippen LogP contribution in [0.15, 0.2) is 84.2 Å². The summed E-state index contributed by atoms with van der Waals surface area (Å²) in [6, 6.07) is 22.2. The number of hydrazone groups is 1. The van der Waals surface area contributed by atoms with E-state index in [0.717, 1.165) is 39.0 Å². The predicted molar refractivity (Wildman–Crippen MR) is 114 cm³/mol. The van der Waals surface area contributed by atoms with Gasteiger partial charge in [-0.3, -0.25) is 9.78 Å². The second-order valence-corrected chi connectivity index (χ2v) is 7.20. The first-order chi connectivity index (χ1) is 14.2. The molecule has 3 heterocycles. The maximum atomic E-state index is 12.5. The molecule has 0 fully saturated rings. The van der Waals surface area contributed by atoms with Crippen LogP contribution in [0.3, 0.4) is 0 Å². The largest absolute Gasteiger partial charge is 0.354 e. The van der Waals surface area contributed by atoms with Gasteiger partial charge in [-0.1, -0.05) is 54.6 Å². The van der Waals surface area contributed by atoms with Crippen LogP contribution in [-0.2, 0) is 4.79 Å². The minimum atomic E-state index is -0.172. The van der Waals surface area contributed by atoms with E-state index in [1.165, 1.54) is 0 Å². The van der Waals surface area contributed by atoms with Gasteiger partial charge in [-0.15, -0.1) is 0 Å². The van der Waals surface area contributed by atoms with Gasteiger partial charge in [0.15, 0.2) is 0 Å². The number of nitrogens with one attached hydrogen (secondary N) is 1. The number of pyridine rings is 1. The van der Waals surface area contributed by atoms with E-state index in [2.05, 4.69) is 39.3 Å². The Morgan fingerprint density at radius 2 is 1.76 bits per heavy atom. The third-order valence-electron chi connectivity index (χ3n) is 5.37. The van der Waals surface area contributed by atoms with E-state index >= 15 is 0 Å². The van der Waals surface area contributed by atoms with Crippen LogP contribution in [0.1, 0.15) is 30.5 Å². The molecule has 0 aliphatic carbocycles. The molecule has 5 nitrogen and oxygen atoms in total. The van der Waals surface area contributed by atoms with Crippen molar-refractivity contribution in [2.75, 3.05) is 0 Å². The van der Waals surface area contributed by atoms with Gasteiger partial charge in [0.25, 0.3) is 0 Å². The molecule has 2 aromatic heterocycles. The summed E-state index contributed by atoms with van der Waals surface area (Å²) in [5, 5.41) is 7.41. The summed E-state index contributed by atoms with van der Waals surface area (Å²) < 4.78 is 0. The molecular weight excluding hydrogens is 360 g/mol. The highest BCUT2D eigenvalue weighted by molar-refractivity contribution is 6.04. The van der Waals surface area contributed by atoms with Crippen molar-refractivity contribution in [1.29, 1.82) is 0 Å². The van der Waals surface area contributed by atoms with Crippen molar-refractivity contribution < 1.29 is 4.79 Å². The number of carbonyl (C=O) groups excluding carboxylic acids is 1. The molecule has 5 rings (SSSR count). The van der Waals surface area contributed by atoms with E-state index in [-0.39, 0.29) is 11.9 Å². The van der Waals surface area contributed by atoms with Gasteiger partial charge < -0.3 is 4.98 Å². The molecule has 0 saturated carbocycles. The van der Waals surface area contributed by atoms with E-state index in [1.807, 2.05) is 42.5 Å². The average Bonchev–Trinajstić information content (AvgIpc) is 3.37. The molecular formula is C24H20N4O. The van der Waals surface area contributed by atoms with Gasteiger partial charge in [0, 0.05) is 47.8 Å². The molecule has 1 aliphatic rings. The monoisotopic (exact) mass is 380 g/mol. The molecule has 1 aliphatic heterocycles. The van der Waals surface area contributed by atoms with Crippen molar-refractivity contribution in [2.24, 2.45) is 5.10 Å². The zero-order valence-corrected chi connectivity index (χ0v) is 16.0. The summed E-state index contributed by atoms with van der Waals surface area (Å²) in [4.78, 5) is 20.3. The molecule has 1 amide bonds. The maximum absolute atomic E-state index is 12.5. The second-order valence-electron chi connectivity index (χ2n) is 7.20. The van der Waals surface area contributed by atoms with E-state index in [9.17, 15) is 4.79 Å². The quantitative estimate of drug-likeness (QED) is 0.548. The van der Waals surface area contributed by atoms with Gasteiger partial charge >= 0.3 is 0 Å². The molecule has 1 atom stereocenters. The molecule has 0 bridgehead atoms. The fourth-order valence-electron chi connectivity index (χ4n) is 4.08. The van der Waals surface area contributed by atoms with Crippen LogP contribution in [0.4, 0.5) is 0 Å². The van der Waals surface area contributed by atoms with Crippen molar-refractivity contribution >= 4 is 22.5 Å². The van der Waals surface area contributed by atoms with Crippen LogP contribution in [0, 0.1) is 0 Å². The Hall–Kier alpha value is -3.73. The van der Waals surface area contributed by atoms with Gasteiger partial charge in [0.1, 0.15) is 0 Å². The van der Waals surface area contributed by atoms with Crippen LogP contribution in [0.2, 0.25) is 0 Å². The Bertz CT molecular complexity index is 1210. The number of nitrogens with zero attached hydrogens (tertiary/aromatic N) is 3. The first-order valence-corrected chi connectivity index (χ1v) is 9.66. The third-order valence-corrected chi connectivity index (χ3v) is 5.37. The predicted octanol–water partition coefficient (Wildman–Crippen LogP) is 4.93. The van der Waals surface area contributed by atoms with E-state index in [4.69, 9.17) is 0 Å². The van der Waals surface area contributed by atoms with Crippen LogP contribution in [0.5, 0.6) is 0 Å². The number of aromatic amines is 1. The number of rotatable bonds is 3. The van der Waals surface area contributed by atoms with E-state index < -0.39 is 0 Å². The summed E-state index contributed by atoms with van der Waals surface area (Å²) in [5.74, 6) is -0.0711. The Kier molecular flexibility index (Phi) is 4.21. The van der Waals surface area contributed by atoms with Crippen molar-refractivity contribution in [3.05, 3.63) is 90.3 Å². The number of benzene rings is 2. The van der Waals surface area contributed by atoms with Crippen molar-refractivity contribution in [3.8, 4) is 11.3 Å². The van der Waals surface area contributed by atoms with Gasteiger partial charge in [-0.05, 0) is 17.7 Å². The standard InChI is InChI=1S/C24H20N4O/c1-16(29)28-22(14-21(27-28)18-10-7-13-25-15-18)23-19-11-5-6-12-20(19)26-24(23)17-8-3-2-4-9-17/h2-13,15,22,26H,14H2,1H3. The summed E-state index contributed by atoms with van der Waals surface area (Å²) in [6.07, 6.45) is 4.19. The summed E-state index contributed by atoms with van der Waals surface area (Å²) in [6.45, 7) is 1.57. The number of carbonyl (C=O) groups is 1. The van der Waals surface area contributed by atoms with Gasteiger partial charge in [-0.25, -0.2) is 5.01 Å². The molecule has 2 aromatic carbocycles. The Balaban J connectivity index is 1.68. The van der Waals surface area contributed by atoms with Crippen molar-refractivity contribution in [3.63, 3.8) is 0 Å². The SMILES string of the molecule is CC(=O)N1N=C(c2cccnc2)CC1c1c(-c2ccccc2)[nH]c2ccccc12. The van der Waals surface area contributed by atoms with Crippen LogP contribution >= 0.6 is 0 Å². The van der Waals surface area contributed by atoms with E-state index in [0.29, 0.717) is 6.42 Å². The molecule has 1 unspecified atom stereocenters. The first-order valence-electron chi connectivity index (χ1n) is 9.66. The molecule has 29 heavy (non-hydrogen) atoms. The average molecular weight is 380 g/mol. The number of aromatic nitrogens is 2. The number of H-pyrrole nitrogens is 1. The number of hydrogen-bond acceptors (Lipinski definition) is 3. The molecule has 142 valence electrons. The molecule has 0 radical (unpaired) electrons. The minimum Gasteiger partial charge on any atom is -0.354 e. The van der Waals surface area contributed by atoms with E-state index in [1.54, 1.807) is 24.3 Å². The lowest BCUT2D eigenvalue weighted by atomic mass is 9.94. The number of para-hydroxylation sites is 1. The lowest BCUT2D eigenvalue weighted by molar-refractivity contribution is -0.130. The summed E-state index contributed by atoms with van der Waals surface area (Å²) >= 11 is 0. The second kappa shape index (κ2) is 7.02. The molecule has 1 N–H and O–H groups in total. The highest BCUT2D eigenvalue weighted by Crippen LogP contribution is 2.42. The zero-order valence-electron chi connectivity index (χ0n) is 16.0. The normalized spacial score (nSPS) is 16.2. The Morgan fingerprint density at radius 1 is 1.00 bits per heavy atom. The van der Waals surface area contributed by atoms with Gasteiger partial charge in [-0.2, -0.15) is 5.10 Å². The maximum Gasteiger partial charge on any atom is 0.240 e. The van der Waals surface area contributed by atoms with Crippen molar-refractivity contribution in [1.82, 2.24) is 15.0 Å². The highest BCUT2D eigenvalue weighted by Gasteiger charge is 2.35. The first kappa shape index (κ1) is 17.4. The number of fused-ring (bicyclic) bond motifs is 1. The lowest BCUT2D eigenvalue weighted by Gasteiger charge is -2.21. The smallest absolute Gasteiger partial charge is 0.240 e. The number of hydrogen-bond donors (Lipinski definition) is 1. The topological polar surface area (TPSA) is 61.4 Å². The summed E-state index contributed by atoms with van der Waals surface area (Å²) in [7, 11) is 0. The van der Waals surface area contributed by atoms with Gasteiger partial charge in [0.2, 0.25) is 5.91 Å². The molecule has 4 aromatic rings. The van der Waals surface area contributed by atoms with Crippen LogP contribution in [0.25, 0.3) is 22.2 Å². The fraction of sp³-hybridized carbons (Fsp3) is 0.125. The number of amides is 1. The van der Waals surface area contributed by atoms with Crippen LogP contribution in [-0.4, -0.2) is 26.6 Å². The molecule has 0 saturated heterocycles. The summed E-state index contributed by atoms with van der Waals surface area (Å²) in [5.41, 5.74) is 6.11. The van der Waals surface area contributed by atoms with Gasteiger partial charge in [0.05, 0.1) is 17.4 Å². The lowest BCUT2D eigenvalue weighted by Crippen LogP contribution is -2.24. The third kappa shape index (κ3) is 3.01. The molecule has 0 spiro atoms. The highest BCUT2D eigenvalue weighted by atomic mass is 16.2. The Labute approximate surface area is 168 Å². The zero-order chi connectivity index (χ0) is 19.8. The Morgan fingerprint density at radius 3 is 2.52 bits per heavy atom. The van der Waals surface area contributed by atoms with Crippen molar-refractivity contribution in [2.45, 2.75) is 19.4 Å².